The zero-order valence-corrected chi connectivity index (χ0v) is 13.9. The molecule has 0 saturated carbocycles. The van der Waals surface area contributed by atoms with Crippen molar-refractivity contribution in [1.29, 1.82) is 0 Å². The summed E-state index contributed by atoms with van der Waals surface area (Å²) in [5.41, 5.74) is 0. The van der Waals surface area contributed by atoms with Crippen molar-refractivity contribution in [3.63, 3.8) is 0 Å². The minimum atomic E-state index is -0.569. The molecule has 0 spiro atoms. The number of furan rings is 1. The predicted octanol–water partition coefficient (Wildman–Crippen LogP) is 2.21. The molecule has 0 bridgehead atoms. The third kappa shape index (κ3) is 5.10. The van der Waals surface area contributed by atoms with Crippen LogP contribution >= 0.6 is 0 Å². The van der Waals surface area contributed by atoms with E-state index in [1.54, 1.807) is 19.1 Å². The molecule has 2 atom stereocenters. The highest BCUT2D eigenvalue weighted by atomic mass is 16.5. The van der Waals surface area contributed by atoms with E-state index in [2.05, 4.69) is 12.2 Å². The van der Waals surface area contributed by atoms with Gasteiger partial charge in [0.25, 0.3) is 5.91 Å². The molecule has 6 nitrogen and oxygen atoms in total. The summed E-state index contributed by atoms with van der Waals surface area (Å²) in [4.78, 5) is 26.3. The molecule has 1 aromatic rings. The van der Waals surface area contributed by atoms with Gasteiger partial charge < -0.3 is 19.4 Å². The van der Waals surface area contributed by atoms with Crippen molar-refractivity contribution < 1.29 is 18.7 Å². The fourth-order valence-electron chi connectivity index (χ4n) is 2.75. The molecule has 1 saturated heterocycles. The molecular formula is C17H26N2O4. The van der Waals surface area contributed by atoms with Gasteiger partial charge in [-0.3, -0.25) is 9.59 Å². The molecule has 1 N–H and O–H groups in total. The Bertz CT molecular complexity index is 501. The van der Waals surface area contributed by atoms with Crippen LogP contribution in [0, 0.1) is 0 Å². The first-order chi connectivity index (χ1) is 11.1. The fraction of sp³-hybridized carbons (Fsp3) is 0.647. The molecule has 23 heavy (non-hydrogen) atoms. The van der Waals surface area contributed by atoms with Crippen LogP contribution in [0.3, 0.4) is 0 Å². The first-order valence-electron chi connectivity index (χ1n) is 8.36. The van der Waals surface area contributed by atoms with Crippen LogP contribution in [0.4, 0.5) is 0 Å². The molecule has 2 rings (SSSR count). The number of amides is 2. The normalized spacial score (nSPS) is 19.9. The van der Waals surface area contributed by atoms with Crippen LogP contribution in [0.1, 0.15) is 50.1 Å². The van der Waals surface area contributed by atoms with Crippen molar-refractivity contribution in [3.8, 4) is 0 Å². The molecule has 1 aliphatic heterocycles. The maximum Gasteiger partial charge on any atom is 0.287 e. The fourth-order valence-corrected chi connectivity index (χ4v) is 2.75. The molecule has 2 heterocycles. The average molecular weight is 322 g/mol. The highest BCUT2D eigenvalue weighted by Gasteiger charge is 2.26. The summed E-state index contributed by atoms with van der Waals surface area (Å²) in [6.07, 6.45) is 5.45. The van der Waals surface area contributed by atoms with E-state index in [4.69, 9.17) is 9.15 Å². The van der Waals surface area contributed by atoms with Gasteiger partial charge in [0.2, 0.25) is 5.91 Å². The van der Waals surface area contributed by atoms with Crippen LogP contribution in [0.2, 0.25) is 0 Å². The second kappa shape index (κ2) is 8.72. The van der Waals surface area contributed by atoms with Crippen LogP contribution < -0.4 is 5.32 Å². The molecule has 0 radical (unpaired) electrons. The first kappa shape index (κ1) is 17.5. The van der Waals surface area contributed by atoms with Gasteiger partial charge in [0, 0.05) is 19.7 Å². The van der Waals surface area contributed by atoms with E-state index in [1.807, 2.05) is 4.90 Å². The molecule has 1 aromatic heterocycles. The summed E-state index contributed by atoms with van der Waals surface area (Å²) in [6, 6.07) is 2.65. The van der Waals surface area contributed by atoms with Crippen molar-refractivity contribution in [1.82, 2.24) is 10.2 Å². The van der Waals surface area contributed by atoms with E-state index < -0.39 is 6.04 Å². The van der Waals surface area contributed by atoms with Gasteiger partial charge in [-0.05, 0) is 44.7 Å². The van der Waals surface area contributed by atoms with Crippen molar-refractivity contribution in [2.75, 3.05) is 19.7 Å². The van der Waals surface area contributed by atoms with Gasteiger partial charge >= 0.3 is 0 Å². The Morgan fingerprint density at radius 2 is 2.26 bits per heavy atom. The number of nitrogens with zero attached hydrogens (tertiary/aromatic N) is 1. The standard InChI is InChI=1S/C17H26N2O4/c1-3-11-22-14-6-4-9-19(10-8-14)17(21)13(2)18-16(20)15-7-5-12-23-15/h5,7,12-14H,3-4,6,8-11H2,1-2H3,(H,18,20). The Morgan fingerprint density at radius 1 is 1.43 bits per heavy atom. The highest BCUT2D eigenvalue weighted by molar-refractivity contribution is 5.95. The van der Waals surface area contributed by atoms with Crippen LogP contribution in [0.15, 0.2) is 22.8 Å². The maximum atomic E-state index is 12.5. The Kier molecular flexibility index (Phi) is 6.65. The van der Waals surface area contributed by atoms with Crippen molar-refractivity contribution >= 4 is 11.8 Å². The topological polar surface area (TPSA) is 71.8 Å². The van der Waals surface area contributed by atoms with Crippen molar-refractivity contribution in [3.05, 3.63) is 24.2 Å². The SMILES string of the molecule is CCCOC1CCCN(C(=O)C(C)NC(=O)c2ccco2)CC1. The monoisotopic (exact) mass is 322 g/mol. The molecule has 0 aromatic carbocycles. The Hall–Kier alpha value is -1.82. The summed E-state index contributed by atoms with van der Waals surface area (Å²) >= 11 is 0. The number of nitrogens with one attached hydrogen (secondary N) is 1. The summed E-state index contributed by atoms with van der Waals surface area (Å²) in [7, 11) is 0. The molecule has 2 amide bonds. The predicted molar refractivity (Wildman–Crippen MR) is 86.1 cm³/mol. The molecule has 0 aliphatic carbocycles. The van der Waals surface area contributed by atoms with Gasteiger partial charge in [-0.2, -0.15) is 0 Å². The number of carbonyl (C=O) groups excluding carboxylic acids is 2. The van der Waals surface area contributed by atoms with Gasteiger partial charge in [0.05, 0.1) is 12.4 Å². The lowest BCUT2D eigenvalue weighted by Gasteiger charge is -2.24. The van der Waals surface area contributed by atoms with Gasteiger partial charge in [-0.25, -0.2) is 0 Å². The third-order valence-electron chi connectivity index (χ3n) is 4.01. The Morgan fingerprint density at radius 3 is 2.96 bits per heavy atom. The van der Waals surface area contributed by atoms with Gasteiger partial charge in [0.1, 0.15) is 6.04 Å². The van der Waals surface area contributed by atoms with E-state index in [1.165, 1.54) is 6.26 Å². The second-order valence-electron chi connectivity index (χ2n) is 5.92. The van der Waals surface area contributed by atoms with Gasteiger partial charge in [-0.15, -0.1) is 0 Å². The number of likely N-dealkylation sites (tertiary alicyclic amines) is 1. The average Bonchev–Trinajstić information content (AvgIpc) is 2.98. The molecule has 2 unspecified atom stereocenters. The van der Waals surface area contributed by atoms with Gasteiger partial charge in [-0.1, -0.05) is 6.92 Å². The van der Waals surface area contributed by atoms with E-state index in [0.29, 0.717) is 13.1 Å². The van der Waals surface area contributed by atoms with E-state index in [0.717, 1.165) is 32.3 Å². The minimum Gasteiger partial charge on any atom is -0.459 e. The first-order valence-corrected chi connectivity index (χ1v) is 8.36. The van der Waals surface area contributed by atoms with Crippen LogP contribution in [-0.4, -0.2) is 48.6 Å². The van der Waals surface area contributed by atoms with Gasteiger partial charge in [0.15, 0.2) is 5.76 Å². The lowest BCUT2D eigenvalue weighted by atomic mass is 10.1. The van der Waals surface area contributed by atoms with Crippen molar-refractivity contribution in [2.24, 2.45) is 0 Å². The lowest BCUT2D eigenvalue weighted by molar-refractivity contribution is -0.132. The number of rotatable bonds is 6. The quantitative estimate of drug-likeness (QED) is 0.871. The molecular weight excluding hydrogens is 296 g/mol. The maximum absolute atomic E-state index is 12.5. The Labute approximate surface area is 137 Å². The largest absolute Gasteiger partial charge is 0.459 e. The summed E-state index contributed by atoms with van der Waals surface area (Å²) in [5.74, 6) is -0.204. The van der Waals surface area contributed by atoms with Crippen LogP contribution in [0.5, 0.6) is 0 Å². The zero-order valence-electron chi connectivity index (χ0n) is 13.9. The zero-order chi connectivity index (χ0) is 16.7. The number of hydrogen-bond acceptors (Lipinski definition) is 4. The third-order valence-corrected chi connectivity index (χ3v) is 4.01. The Balaban J connectivity index is 1.83. The van der Waals surface area contributed by atoms with E-state index in [9.17, 15) is 9.59 Å². The summed E-state index contributed by atoms with van der Waals surface area (Å²) in [6.45, 7) is 5.96. The number of hydrogen-bond donors (Lipinski definition) is 1. The van der Waals surface area contributed by atoms with Crippen molar-refractivity contribution in [2.45, 2.75) is 51.7 Å². The summed E-state index contributed by atoms with van der Waals surface area (Å²) < 4.78 is 10.8. The van der Waals surface area contributed by atoms with Crippen LogP contribution in [-0.2, 0) is 9.53 Å². The number of ether oxygens (including phenoxy) is 1. The van der Waals surface area contributed by atoms with E-state index >= 15 is 0 Å². The molecule has 128 valence electrons. The van der Waals surface area contributed by atoms with Crippen LogP contribution in [0.25, 0.3) is 0 Å². The molecule has 1 fully saturated rings. The lowest BCUT2D eigenvalue weighted by Crippen LogP contribution is -2.47. The molecule has 6 heteroatoms. The second-order valence-corrected chi connectivity index (χ2v) is 5.92. The number of carbonyl (C=O) groups is 2. The van der Waals surface area contributed by atoms with E-state index in [-0.39, 0.29) is 23.7 Å². The minimum absolute atomic E-state index is 0.0546. The molecule has 1 aliphatic rings. The smallest absolute Gasteiger partial charge is 0.287 e. The summed E-state index contributed by atoms with van der Waals surface area (Å²) in [5, 5.41) is 2.69. The highest BCUT2D eigenvalue weighted by Crippen LogP contribution is 2.15.